The monoisotopic (exact) mass is 249 g/mol. The normalized spacial score (nSPS) is 10.7. The van der Waals surface area contributed by atoms with Crippen molar-refractivity contribution < 1.29 is 13.6 Å². The average Bonchev–Trinajstić information content (AvgIpc) is 2.56. The summed E-state index contributed by atoms with van der Waals surface area (Å²) < 4.78 is 26.4. The van der Waals surface area contributed by atoms with Crippen LogP contribution in [-0.2, 0) is 0 Å². The molecule has 0 aliphatic heterocycles. The van der Waals surface area contributed by atoms with Gasteiger partial charge in [0.05, 0.1) is 11.3 Å². The fourth-order valence-corrected chi connectivity index (χ4v) is 1.88. The van der Waals surface area contributed by atoms with Gasteiger partial charge in [-0.15, -0.1) is 0 Å². The van der Waals surface area contributed by atoms with Gasteiger partial charge in [0.15, 0.2) is 0 Å². The van der Waals surface area contributed by atoms with Gasteiger partial charge in [0, 0.05) is 11.8 Å². The molecule has 0 bridgehead atoms. The molecule has 18 heavy (non-hydrogen) atoms. The highest BCUT2D eigenvalue weighted by atomic mass is 19.1. The maximum atomic E-state index is 13.6. The van der Waals surface area contributed by atoms with Crippen LogP contribution >= 0.6 is 0 Å². The van der Waals surface area contributed by atoms with Gasteiger partial charge < -0.3 is 4.98 Å². The summed E-state index contributed by atoms with van der Waals surface area (Å²) in [5, 5.41) is 0. The molecule has 0 unspecified atom stereocenters. The van der Waals surface area contributed by atoms with Crippen LogP contribution in [-0.4, -0.2) is 10.8 Å². The summed E-state index contributed by atoms with van der Waals surface area (Å²) in [7, 11) is 0. The zero-order valence-corrected chi connectivity index (χ0v) is 10.4. The topological polar surface area (TPSA) is 32.9 Å². The van der Waals surface area contributed by atoms with Crippen molar-refractivity contribution in [1.82, 2.24) is 4.98 Å². The van der Waals surface area contributed by atoms with Gasteiger partial charge in [-0.25, -0.2) is 8.78 Å². The minimum atomic E-state index is -0.843. The van der Waals surface area contributed by atoms with E-state index in [0.29, 0.717) is 11.8 Å². The number of hydrogen-bond donors (Lipinski definition) is 1. The Morgan fingerprint density at radius 3 is 2.28 bits per heavy atom. The van der Waals surface area contributed by atoms with Crippen LogP contribution in [0.15, 0.2) is 18.2 Å². The van der Waals surface area contributed by atoms with Gasteiger partial charge in [-0.05, 0) is 44.0 Å². The minimum absolute atomic E-state index is 0.124. The highest BCUT2D eigenvalue weighted by Gasteiger charge is 2.19. The van der Waals surface area contributed by atoms with Gasteiger partial charge in [0.1, 0.15) is 11.6 Å². The molecule has 0 radical (unpaired) electrons. The Morgan fingerprint density at radius 2 is 1.78 bits per heavy atom. The van der Waals surface area contributed by atoms with Gasteiger partial charge in [-0.2, -0.15) is 0 Å². The van der Waals surface area contributed by atoms with Crippen LogP contribution in [0.2, 0.25) is 0 Å². The summed E-state index contributed by atoms with van der Waals surface area (Å²) in [4.78, 5) is 15.1. The molecule has 0 spiro atoms. The molecule has 0 saturated heterocycles. The predicted molar refractivity (Wildman–Crippen MR) is 64.8 cm³/mol. The number of carbonyl (C=O) groups is 1. The Kier molecular flexibility index (Phi) is 3.03. The third-order valence-corrected chi connectivity index (χ3v) is 3.22. The first-order chi connectivity index (χ1) is 8.41. The van der Waals surface area contributed by atoms with Crippen molar-refractivity contribution >= 4 is 5.78 Å². The number of benzene rings is 1. The number of hydrogen-bond acceptors (Lipinski definition) is 1. The van der Waals surface area contributed by atoms with Gasteiger partial charge in [0.2, 0.25) is 5.78 Å². The molecule has 2 rings (SSSR count). The molecule has 0 amide bonds. The maximum Gasteiger partial charge on any atom is 0.212 e. The number of H-pyrrole nitrogens is 1. The molecule has 4 heteroatoms. The van der Waals surface area contributed by atoms with E-state index in [1.807, 2.05) is 13.8 Å². The number of aromatic nitrogens is 1. The molecular formula is C14H13F2NO. The number of aromatic amines is 1. The molecule has 94 valence electrons. The van der Waals surface area contributed by atoms with Crippen molar-refractivity contribution in [2.45, 2.75) is 20.8 Å². The largest absolute Gasteiger partial charge is 0.356 e. The zero-order valence-electron chi connectivity index (χ0n) is 10.4. The van der Waals surface area contributed by atoms with Gasteiger partial charge >= 0.3 is 0 Å². The second kappa shape index (κ2) is 4.37. The number of ketones is 1. The Hall–Kier alpha value is -1.97. The standard InChI is InChI=1S/C14H13F2NO/c1-7-8(2)13(17-9(7)3)14(18)11-5-4-10(15)6-12(11)16/h4-6,17H,1-3H3. The van der Waals surface area contributed by atoms with E-state index in [2.05, 4.69) is 4.98 Å². The lowest BCUT2D eigenvalue weighted by molar-refractivity contribution is 0.103. The third-order valence-electron chi connectivity index (χ3n) is 3.22. The van der Waals surface area contributed by atoms with Gasteiger partial charge in [-0.1, -0.05) is 0 Å². The van der Waals surface area contributed by atoms with Crippen LogP contribution in [0.5, 0.6) is 0 Å². The summed E-state index contributed by atoms with van der Waals surface area (Å²) >= 11 is 0. The SMILES string of the molecule is Cc1[nH]c(C(=O)c2ccc(F)cc2F)c(C)c1C. The molecule has 0 aliphatic rings. The molecule has 0 fully saturated rings. The van der Waals surface area contributed by atoms with Crippen molar-refractivity contribution in [2.75, 3.05) is 0 Å². The number of rotatable bonds is 2. The van der Waals surface area contributed by atoms with Gasteiger partial charge in [0.25, 0.3) is 0 Å². The molecule has 1 aromatic carbocycles. The first-order valence-corrected chi connectivity index (χ1v) is 5.57. The third kappa shape index (κ3) is 1.94. The Bertz CT molecular complexity index is 629. The van der Waals surface area contributed by atoms with E-state index in [0.717, 1.165) is 29.0 Å². The summed E-state index contributed by atoms with van der Waals surface area (Å²) in [6, 6.07) is 2.96. The first kappa shape index (κ1) is 12.5. The highest BCUT2D eigenvalue weighted by Crippen LogP contribution is 2.21. The summed E-state index contributed by atoms with van der Waals surface area (Å²) in [5.74, 6) is -2.00. The second-order valence-corrected chi connectivity index (χ2v) is 4.33. The van der Waals surface area contributed by atoms with Crippen molar-refractivity contribution in [1.29, 1.82) is 0 Å². The van der Waals surface area contributed by atoms with E-state index in [-0.39, 0.29) is 5.56 Å². The van der Waals surface area contributed by atoms with Gasteiger partial charge in [-0.3, -0.25) is 4.79 Å². The molecule has 0 atom stereocenters. The summed E-state index contributed by atoms with van der Waals surface area (Å²) in [5.41, 5.74) is 2.87. The van der Waals surface area contributed by atoms with Crippen molar-refractivity contribution in [3.8, 4) is 0 Å². The van der Waals surface area contributed by atoms with E-state index in [9.17, 15) is 13.6 Å². The Morgan fingerprint density at radius 1 is 1.11 bits per heavy atom. The van der Waals surface area contributed by atoms with Crippen LogP contribution in [0, 0.1) is 32.4 Å². The van der Waals surface area contributed by atoms with Crippen LogP contribution in [0.25, 0.3) is 0 Å². The lowest BCUT2D eigenvalue weighted by atomic mass is 10.0. The second-order valence-electron chi connectivity index (χ2n) is 4.33. The van der Waals surface area contributed by atoms with Crippen molar-refractivity contribution in [3.05, 3.63) is 57.9 Å². The van der Waals surface area contributed by atoms with Crippen molar-refractivity contribution in [3.63, 3.8) is 0 Å². The number of aryl methyl sites for hydroxylation is 1. The molecular weight excluding hydrogens is 236 g/mol. The van der Waals surface area contributed by atoms with E-state index < -0.39 is 17.4 Å². The quantitative estimate of drug-likeness (QED) is 0.812. The number of nitrogens with one attached hydrogen (secondary N) is 1. The number of carbonyl (C=O) groups excluding carboxylic acids is 1. The summed E-state index contributed by atoms with van der Waals surface area (Å²) in [6.45, 7) is 5.53. The van der Waals surface area contributed by atoms with Crippen molar-refractivity contribution in [2.24, 2.45) is 0 Å². The van der Waals surface area contributed by atoms with Crippen LogP contribution < -0.4 is 0 Å². The van der Waals surface area contributed by atoms with Crippen LogP contribution in [0.4, 0.5) is 8.78 Å². The zero-order chi connectivity index (χ0) is 13.4. The van der Waals surface area contributed by atoms with E-state index in [4.69, 9.17) is 0 Å². The fourth-order valence-electron chi connectivity index (χ4n) is 1.88. The molecule has 0 saturated carbocycles. The van der Waals surface area contributed by atoms with Crippen LogP contribution in [0.1, 0.15) is 32.9 Å². The van der Waals surface area contributed by atoms with E-state index in [1.165, 1.54) is 0 Å². The first-order valence-electron chi connectivity index (χ1n) is 5.57. The maximum absolute atomic E-state index is 13.6. The van der Waals surface area contributed by atoms with E-state index in [1.54, 1.807) is 6.92 Å². The molecule has 1 aromatic heterocycles. The average molecular weight is 249 g/mol. The molecule has 1 heterocycles. The lowest BCUT2D eigenvalue weighted by Gasteiger charge is -2.02. The van der Waals surface area contributed by atoms with E-state index >= 15 is 0 Å². The predicted octanol–water partition coefficient (Wildman–Crippen LogP) is 3.45. The lowest BCUT2D eigenvalue weighted by Crippen LogP contribution is -2.06. The van der Waals surface area contributed by atoms with Crippen LogP contribution in [0.3, 0.4) is 0 Å². The minimum Gasteiger partial charge on any atom is -0.356 e. The molecule has 0 aliphatic carbocycles. The summed E-state index contributed by atoms with van der Waals surface area (Å²) in [6.07, 6.45) is 0. The highest BCUT2D eigenvalue weighted by molar-refractivity contribution is 6.09. The Balaban J connectivity index is 2.51. The molecule has 2 nitrogen and oxygen atoms in total. The fraction of sp³-hybridized carbons (Fsp3) is 0.214. The Labute approximate surface area is 104 Å². The molecule has 1 N–H and O–H groups in total. The smallest absolute Gasteiger partial charge is 0.212 e. The number of halogens is 2. The molecule has 2 aromatic rings.